The van der Waals surface area contributed by atoms with Crippen LogP contribution >= 0.6 is 0 Å². The number of nitrogens with zero attached hydrogens (tertiary/aromatic N) is 1. The van der Waals surface area contributed by atoms with Crippen molar-refractivity contribution in [2.75, 3.05) is 19.8 Å². The minimum Gasteiger partial charge on any atom is -0.490 e. The lowest BCUT2D eigenvalue weighted by atomic mass is 10.1. The molecule has 0 aliphatic heterocycles. The maximum absolute atomic E-state index is 11.0. The Labute approximate surface area is 158 Å². The quantitative estimate of drug-likeness (QED) is 0.411. The van der Waals surface area contributed by atoms with Crippen LogP contribution in [0, 0.1) is 18.3 Å². The van der Waals surface area contributed by atoms with Crippen LogP contribution in [-0.2, 0) is 4.79 Å². The molecule has 0 saturated carbocycles. The van der Waals surface area contributed by atoms with Gasteiger partial charge in [-0.05, 0) is 49.2 Å². The van der Waals surface area contributed by atoms with E-state index in [9.17, 15) is 4.79 Å². The fourth-order valence-electron chi connectivity index (χ4n) is 2.33. The van der Waals surface area contributed by atoms with Gasteiger partial charge in [0.05, 0.1) is 6.61 Å². The van der Waals surface area contributed by atoms with Gasteiger partial charge in [-0.15, -0.1) is 0 Å². The highest BCUT2D eigenvalue weighted by Gasteiger charge is 2.10. The van der Waals surface area contributed by atoms with E-state index in [0.717, 1.165) is 11.3 Å². The van der Waals surface area contributed by atoms with Gasteiger partial charge in [-0.1, -0.05) is 24.3 Å². The lowest BCUT2D eigenvalue weighted by molar-refractivity contribution is -0.132. The molecule has 2 rings (SSSR count). The van der Waals surface area contributed by atoms with Gasteiger partial charge >= 0.3 is 5.97 Å². The Morgan fingerprint density at radius 3 is 2.41 bits per heavy atom. The van der Waals surface area contributed by atoms with Crippen LogP contribution in [0.25, 0.3) is 6.08 Å². The van der Waals surface area contributed by atoms with E-state index < -0.39 is 5.97 Å². The van der Waals surface area contributed by atoms with Gasteiger partial charge in [-0.2, -0.15) is 5.26 Å². The van der Waals surface area contributed by atoms with Gasteiger partial charge in [0.25, 0.3) is 0 Å². The fourth-order valence-corrected chi connectivity index (χ4v) is 2.33. The van der Waals surface area contributed by atoms with Crippen molar-refractivity contribution in [1.29, 1.82) is 5.26 Å². The highest BCUT2D eigenvalue weighted by atomic mass is 16.5. The first-order valence-electron chi connectivity index (χ1n) is 8.48. The maximum Gasteiger partial charge on any atom is 0.346 e. The van der Waals surface area contributed by atoms with Gasteiger partial charge in [0.1, 0.15) is 30.6 Å². The number of rotatable bonds is 9. The van der Waals surface area contributed by atoms with Crippen molar-refractivity contribution in [3.63, 3.8) is 0 Å². The molecule has 0 heterocycles. The third-order valence-electron chi connectivity index (χ3n) is 3.62. The molecule has 0 radical (unpaired) electrons. The number of aliphatic carboxylic acids is 1. The fraction of sp³-hybridized carbons (Fsp3) is 0.238. The van der Waals surface area contributed by atoms with Crippen LogP contribution in [0.4, 0.5) is 0 Å². The molecule has 0 saturated heterocycles. The third-order valence-corrected chi connectivity index (χ3v) is 3.62. The summed E-state index contributed by atoms with van der Waals surface area (Å²) in [5.74, 6) is 0.537. The first kappa shape index (κ1) is 19.9. The van der Waals surface area contributed by atoms with Crippen LogP contribution in [0.2, 0.25) is 0 Å². The van der Waals surface area contributed by atoms with E-state index in [2.05, 4.69) is 0 Å². The second-order valence-electron chi connectivity index (χ2n) is 5.58. The first-order valence-corrected chi connectivity index (χ1v) is 8.48. The number of nitriles is 1. The van der Waals surface area contributed by atoms with Crippen molar-refractivity contribution in [3.8, 4) is 23.3 Å². The van der Waals surface area contributed by atoms with E-state index in [4.69, 9.17) is 24.6 Å². The molecular weight excluding hydrogens is 346 g/mol. The summed E-state index contributed by atoms with van der Waals surface area (Å²) < 4.78 is 17.0. The molecular formula is C21H21NO5. The van der Waals surface area contributed by atoms with Gasteiger partial charge in [0.2, 0.25) is 0 Å². The number of para-hydroxylation sites is 1. The molecule has 27 heavy (non-hydrogen) atoms. The monoisotopic (exact) mass is 367 g/mol. The third kappa shape index (κ3) is 5.79. The van der Waals surface area contributed by atoms with Crippen molar-refractivity contribution >= 4 is 12.0 Å². The van der Waals surface area contributed by atoms with E-state index >= 15 is 0 Å². The number of hydrogen-bond acceptors (Lipinski definition) is 5. The largest absolute Gasteiger partial charge is 0.490 e. The molecule has 0 bridgehead atoms. The van der Waals surface area contributed by atoms with Gasteiger partial charge in [0.15, 0.2) is 11.5 Å². The lowest BCUT2D eigenvalue weighted by Gasteiger charge is -2.14. The zero-order valence-electron chi connectivity index (χ0n) is 15.3. The van der Waals surface area contributed by atoms with Gasteiger partial charge < -0.3 is 19.3 Å². The molecule has 2 aromatic carbocycles. The Bertz CT molecular complexity index is 867. The molecule has 140 valence electrons. The summed E-state index contributed by atoms with van der Waals surface area (Å²) in [4.78, 5) is 11.0. The average molecular weight is 367 g/mol. The van der Waals surface area contributed by atoms with Crippen LogP contribution in [-0.4, -0.2) is 30.9 Å². The summed E-state index contributed by atoms with van der Waals surface area (Å²) in [5, 5.41) is 17.8. The molecule has 0 aliphatic rings. The van der Waals surface area contributed by atoms with Gasteiger partial charge in [-0.3, -0.25) is 0 Å². The number of carboxylic acid groups (broad SMARTS) is 1. The number of carboxylic acids is 1. The van der Waals surface area contributed by atoms with E-state index in [1.54, 1.807) is 24.3 Å². The number of hydrogen-bond donors (Lipinski definition) is 1. The number of ether oxygens (including phenoxy) is 3. The van der Waals surface area contributed by atoms with E-state index in [1.165, 1.54) is 6.08 Å². The minimum atomic E-state index is -1.27. The second-order valence-corrected chi connectivity index (χ2v) is 5.58. The minimum absolute atomic E-state index is 0.322. The van der Waals surface area contributed by atoms with Crippen molar-refractivity contribution in [3.05, 3.63) is 59.2 Å². The molecule has 1 N–H and O–H groups in total. The molecule has 0 aromatic heterocycles. The standard InChI is InChI=1S/C21H21NO5/c1-3-25-20-13-16(12-17(14-22)21(23)24)8-9-19(20)27-11-10-26-18-7-5-4-6-15(18)2/h4-9,12-13H,3,10-11H2,1-2H3,(H,23,24). The van der Waals surface area contributed by atoms with Crippen molar-refractivity contribution < 1.29 is 24.1 Å². The van der Waals surface area contributed by atoms with Crippen LogP contribution in [0.5, 0.6) is 17.2 Å². The topological polar surface area (TPSA) is 88.8 Å². The molecule has 0 fully saturated rings. The van der Waals surface area contributed by atoms with Crippen LogP contribution in [0.15, 0.2) is 48.0 Å². The Morgan fingerprint density at radius 1 is 1.07 bits per heavy atom. The average Bonchev–Trinajstić information content (AvgIpc) is 2.66. The Morgan fingerprint density at radius 2 is 1.78 bits per heavy atom. The normalized spacial score (nSPS) is 10.8. The summed E-state index contributed by atoms with van der Waals surface area (Å²) >= 11 is 0. The van der Waals surface area contributed by atoms with Gasteiger partial charge in [0, 0.05) is 0 Å². The van der Waals surface area contributed by atoms with Crippen LogP contribution in [0.1, 0.15) is 18.1 Å². The second kappa shape index (κ2) is 9.88. The summed E-state index contributed by atoms with van der Waals surface area (Å²) in [5.41, 5.74) is 1.24. The Balaban J connectivity index is 2.04. The predicted molar refractivity (Wildman–Crippen MR) is 101 cm³/mol. The van der Waals surface area contributed by atoms with E-state index in [-0.39, 0.29) is 5.57 Å². The Hall–Kier alpha value is -3.46. The highest BCUT2D eigenvalue weighted by molar-refractivity contribution is 5.96. The molecule has 0 atom stereocenters. The SMILES string of the molecule is CCOc1cc(C=C(C#N)C(=O)O)ccc1OCCOc1ccccc1C. The first-order chi connectivity index (χ1) is 13.0. The van der Waals surface area contributed by atoms with E-state index in [1.807, 2.05) is 38.1 Å². The number of benzene rings is 2. The molecule has 0 aliphatic carbocycles. The molecule has 0 amide bonds. The lowest BCUT2D eigenvalue weighted by Crippen LogP contribution is -2.10. The van der Waals surface area contributed by atoms with Crippen LogP contribution < -0.4 is 14.2 Å². The molecule has 6 heteroatoms. The number of aryl methyl sites for hydroxylation is 1. The van der Waals surface area contributed by atoms with E-state index in [0.29, 0.717) is 36.9 Å². The highest BCUT2D eigenvalue weighted by Crippen LogP contribution is 2.29. The summed E-state index contributed by atoms with van der Waals surface area (Å²) in [6.07, 6.45) is 1.29. The zero-order chi connectivity index (χ0) is 19.6. The van der Waals surface area contributed by atoms with Crippen molar-refractivity contribution in [1.82, 2.24) is 0 Å². The maximum atomic E-state index is 11.0. The smallest absolute Gasteiger partial charge is 0.346 e. The molecule has 2 aromatic rings. The Kier molecular flexibility index (Phi) is 7.26. The van der Waals surface area contributed by atoms with Crippen molar-refractivity contribution in [2.24, 2.45) is 0 Å². The number of carbonyl (C=O) groups is 1. The summed E-state index contributed by atoms with van der Waals surface area (Å²) in [6.45, 7) is 4.93. The van der Waals surface area contributed by atoms with Crippen molar-refractivity contribution in [2.45, 2.75) is 13.8 Å². The molecule has 6 nitrogen and oxygen atoms in total. The molecule has 0 spiro atoms. The summed E-state index contributed by atoms with van der Waals surface area (Å²) in [6, 6.07) is 14.4. The molecule has 0 unspecified atom stereocenters. The summed E-state index contributed by atoms with van der Waals surface area (Å²) in [7, 11) is 0. The zero-order valence-corrected chi connectivity index (χ0v) is 15.3. The van der Waals surface area contributed by atoms with Gasteiger partial charge in [-0.25, -0.2) is 4.79 Å². The van der Waals surface area contributed by atoms with Crippen LogP contribution in [0.3, 0.4) is 0 Å². The predicted octanol–water partition coefficient (Wildman–Crippen LogP) is 3.84.